The first-order valence-corrected chi connectivity index (χ1v) is 9.78. The largest absolute Gasteiger partial charge is 0.508 e. The van der Waals surface area contributed by atoms with Crippen LogP contribution in [0, 0.1) is 12.7 Å². The number of hydrogen-bond acceptors (Lipinski definition) is 5. The van der Waals surface area contributed by atoms with Gasteiger partial charge in [-0.05, 0) is 68.3 Å². The average molecular weight is 421 g/mol. The number of furan rings is 1. The molecule has 1 aliphatic rings. The summed E-state index contributed by atoms with van der Waals surface area (Å²) >= 11 is 0. The Kier molecular flexibility index (Phi) is 5.53. The Morgan fingerprint density at radius 1 is 1.03 bits per heavy atom. The van der Waals surface area contributed by atoms with Gasteiger partial charge in [-0.1, -0.05) is 0 Å². The van der Waals surface area contributed by atoms with E-state index in [1.165, 1.54) is 48.5 Å². The van der Waals surface area contributed by atoms with Gasteiger partial charge in [-0.2, -0.15) is 5.10 Å². The maximum Gasteiger partial charge on any atom is 0.291 e. The zero-order valence-corrected chi connectivity index (χ0v) is 16.7. The zero-order chi connectivity index (χ0) is 22.0. The zero-order valence-electron chi connectivity index (χ0n) is 16.7. The van der Waals surface area contributed by atoms with Crippen LogP contribution in [0.3, 0.4) is 0 Å². The summed E-state index contributed by atoms with van der Waals surface area (Å²) in [7, 11) is 0. The Morgan fingerprint density at radius 2 is 1.74 bits per heavy atom. The van der Waals surface area contributed by atoms with Crippen LogP contribution >= 0.6 is 0 Å². The number of hydrazone groups is 1. The van der Waals surface area contributed by atoms with Gasteiger partial charge in [0.05, 0.1) is 5.71 Å². The first kappa shape index (κ1) is 20.3. The molecule has 0 aliphatic heterocycles. The number of phenols is 1. The number of carbonyl (C=O) groups is 2. The number of phenolic OH excluding ortho intramolecular Hbond substituents is 1. The second-order valence-electron chi connectivity index (χ2n) is 7.22. The third-order valence-electron chi connectivity index (χ3n) is 5.06. The lowest BCUT2D eigenvalue weighted by molar-refractivity contribution is 0.0953. The van der Waals surface area contributed by atoms with Crippen molar-refractivity contribution in [2.75, 3.05) is 5.32 Å². The molecule has 1 aliphatic carbocycles. The van der Waals surface area contributed by atoms with Crippen molar-refractivity contribution < 1.29 is 23.5 Å². The highest BCUT2D eigenvalue weighted by molar-refractivity contribution is 6.09. The number of nitrogens with zero attached hydrogens (tertiary/aromatic N) is 1. The second-order valence-corrected chi connectivity index (χ2v) is 7.22. The number of anilines is 1. The molecule has 0 bridgehead atoms. The molecule has 2 amide bonds. The Labute approximate surface area is 177 Å². The van der Waals surface area contributed by atoms with Crippen LogP contribution in [-0.4, -0.2) is 22.6 Å². The normalized spacial score (nSPS) is 14.2. The summed E-state index contributed by atoms with van der Waals surface area (Å²) in [5.74, 6) is -0.362. The average Bonchev–Trinajstić information content (AvgIpc) is 3.11. The highest BCUT2D eigenvalue weighted by Crippen LogP contribution is 2.30. The van der Waals surface area contributed by atoms with Gasteiger partial charge in [-0.25, -0.2) is 9.82 Å². The standard InChI is InChI=1S/C23H20FN3O4/c1-13-20-18(26-27-22(29)14-5-11-17(28)12-6-14)3-2-4-19(20)31-21(13)23(30)25-16-9-7-15(24)8-10-16/h5-12,28H,2-4H2,1H3,(H,25,30)(H,27,29)/b26-18+. The summed E-state index contributed by atoms with van der Waals surface area (Å²) in [6.07, 6.45) is 2.06. The van der Waals surface area contributed by atoms with E-state index in [0.29, 0.717) is 41.1 Å². The minimum atomic E-state index is -0.439. The number of rotatable bonds is 4. The molecule has 31 heavy (non-hydrogen) atoms. The predicted molar refractivity (Wildman–Crippen MR) is 113 cm³/mol. The highest BCUT2D eigenvalue weighted by Gasteiger charge is 2.28. The fourth-order valence-corrected chi connectivity index (χ4v) is 3.51. The molecule has 8 heteroatoms. The molecule has 3 aromatic rings. The Bertz CT molecular complexity index is 1160. The molecule has 0 fully saturated rings. The van der Waals surface area contributed by atoms with E-state index in [4.69, 9.17) is 4.42 Å². The van der Waals surface area contributed by atoms with Crippen LogP contribution in [0.1, 0.15) is 50.6 Å². The number of halogens is 1. The molecule has 2 aromatic carbocycles. The van der Waals surface area contributed by atoms with Gasteiger partial charge >= 0.3 is 0 Å². The number of nitrogens with one attached hydrogen (secondary N) is 2. The van der Waals surface area contributed by atoms with Crippen LogP contribution in [0.2, 0.25) is 0 Å². The third kappa shape index (κ3) is 4.32. The second kappa shape index (κ2) is 8.43. The van der Waals surface area contributed by atoms with Crippen LogP contribution in [0.4, 0.5) is 10.1 Å². The topological polar surface area (TPSA) is 104 Å². The van der Waals surface area contributed by atoms with Crippen molar-refractivity contribution in [1.82, 2.24) is 5.43 Å². The molecule has 0 saturated carbocycles. The molecular formula is C23H20FN3O4. The molecule has 7 nitrogen and oxygen atoms in total. The monoisotopic (exact) mass is 421 g/mol. The number of aryl methyl sites for hydroxylation is 1. The van der Waals surface area contributed by atoms with E-state index in [9.17, 15) is 19.1 Å². The SMILES string of the molecule is Cc1c(C(=O)Nc2ccc(F)cc2)oc2c1/C(=N/NC(=O)c1ccc(O)cc1)CCC2. The van der Waals surface area contributed by atoms with E-state index >= 15 is 0 Å². The number of amides is 2. The van der Waals surface area contributed by atoms with Crippen molar-refractivity contribution in [3.05, 3.63) is 82.6 Å². The van der Waals surface area contributed by atoms with Gasteiger partial charge in [0, 0.05) is 28.8 Å². The molecule has 0 atom stereocenters. The molecular weight excluding hydrogens is 401 g/mol. The van der Waals surface area contributed by atoms with Gasteiger partial charge in [0.25, 0.3) is 11.8 Å². The number of fused-ring (bicyclic) bond motifs is 1. The van der Waals surface area contributed by atoms with Crippen molar-refractivity contribution in [3.63, 3.8) is 0 Å². The van der Waals surface area contributed by atoms with Gasteiger partial charge in [0.2, 0.25) is 0 Å². The molecule has 0 spiro atoms. The quantitative estimate of drug-likeness (QED) is 0.551. The first-order valence-electron chi connectivity index (χ1n) is 9.78. The van der Waals surface area contributed by atoms with Crippen molar-refractivity contribution in [1.29, 1.82) is 0 Å². The molecule has 3 N–H and O–H groups in total. The van der Waals surface area contributed by atoms with Crippen molar-refractivity contribution in [2.24, 2.45) is 5.10 Å². The molecule has 158 valence electrons. The van der Waals surface area contributed by atoms with Gasteiger partial charge in [0.1, 0.15) is 17.3 Å². The summed E-state index contributed by atoms with van der Waals surface area (Å²) in [5, 5.41) is 16.3. The Hall–Kier alpha value is -3.94. The van der Waals surface area contributed by atoms with Crippen molar-refractivity contribution in [3.8, 4) is 5.75 Å². The molecule has 0 radical (unpaired) electrons. The smallest absolute Gasteiger partial charge is 0.291 e. The van der Waals surface area contributed by atoms with Gasteiger partial charge in [0.15, 0.2) is 5.76 Å². The van der Waals surface area contributed by atoms with Crippen molar-refractivity contribution in [2.45, 2.75) is 26.2 Å². The minimum Gasteiger partial charge on any atom is -0.508 e. The lowest BCUT2D eigenvalue weighted by Crippen LogP contribution is -2.22. The summed E-state index contributed by atoms with van der Waals surface area (Å²) in [5.41, 5.74) is 5.34. The lowest BCUT2D eigenvalue weighted by atomic mass is 9.93. The molecule has 0 unspecified atom stereocenters. The minimum absolute atomic E-state index is 0.0697. The fourth-order valence-electron chi connectivity index (χ4n) is 3.51. The number of hydrogen-bond donors (Lipinski definition) is 3. The van der Waals surface area contributed by atoms with E-state index in [2.05, 4.69) is 15.8 Å². The maximum atomic E-state index is 13.1. The van der Waals surface area contributed by atoms with E-state index in [1.807, 2.05) is 0 Å². The molecule has 4 rings (SSSR count). The predicted octanol–water partition coefficient (Wildman–Crippen LogP) is 4.16. The summed E-state index contributed by atoms with van der Waals surface area (Å²) < 4.78 is 18.9. The van der Waals surface area contributed by atoms with Crippen LogP contribution in [0.25, 0.3) is 0 Å². The van der Waals surface area contributed by atoms with Crippen molar-refractivity contribution >= 4 is 23.2 Å². The molecule has 1 aromatic heterocycles. The number of carbonyl (C=O) groups excluding carboxylic acids is 2. The van der Waals surface area contributed by atoms with E-state index in [0.717, 1.165) is 12.0 Å². The van der Waals surface area contributed by atoms with E-state index in [1.54, 1.807) is 6.92 Å². The summed E-state index contributed by atoms with van der Waals surface area (Å²) in [6, 6.07) is 11.3. The van der Waals surface area contributed by atoms with Crippen LogP contribution < -0.4 is 10.7 Å². The van der Waals surface area contributed by atoms with Gasteiger partial charge in [-0.3, -0.25) is 9.59 Å². The van der Waals surface area contributed by atoms with Crippen LogP contribution in [-0.2, 0) is 6.42 Å². The summed E-state index contributed by atoms with van der Waals surface area (Å²) in [6.45, 7) is 1.77. The number of benzene rings is 2. The van der Waals surface area contributed by atoms with E-state index < -0.39 is 17.6 Å². The van der Waals surface area contributed by atoms with Gasteiger partial charge in [-0.15, -0.1) is 0 Å². The highest BCUT2D eigenvalue weighted by atomic mass is 19.1. The molecule has 1 heterocycles. The maximum absolute atomic E-state index is 13.1. The summed E-state index contributed by atoms with van der Waals surface area (Å²) in [4.78, 5) is 25.0. The van der Waals surface area contributed by atoms with Crippen LogP contribution in [0.5, 0.6) is 5.75 Å². The third-order valence-corrected chi connectivity index (χ3v) is 5.06. The number of aromatic hydroxyl groups is 1. The fraction of sp³-hybridized carbons (Fsp3) is 0.174. The Balaban J connectivity index is 1.55. The van der Waals surface area contributed by atoms with Crippen LogP contribution in [0.15, 0.2) is 58.0 Å². The first-order chi connectivity index (χ1) is 14.9. The molecule has 0 saturated heterocycles. The van der Waals surface area contributed by atoms with Gasteiger partial charge < -0.3 is 14.8 Å². The lowest BCUT2D eigenvalue weighted by Gasteiger charge is -2.13. The van der Waals surface area contributed by atoms with E-state index in [-0.39, 0.29) is 11.5 Å². The Morgan fingerprint density at radius 3 is 2.45 bits per heavy atom.